The van der Waals surface area contributed by atoms with Crippen LogP contribution in [0.5, 0.6) is 5.75 Å². The molecule has 15 nitrogen and oxygen atoms in total. The van der Waals surface area contributed by atoms with E-state index in [0.29, 0.717) is 22.2 Å². The normalized spacial score (nSPS) is 13.9. The lowest BCUT2D eigenvalue weighted by Gasteiger charge is -2.22. The van der Waals surface area contributed by atoms with E-state index in [1.807, 2.05) is 6.07 Å². The summed E-state index contributed by atoms with van der Waals surface area (Å²) in [6.07, 6.45) is -2.08. The van der Waals surface area contributed by atoms with E-state index in [0.717, 1.165) is 5.56 Å². The molecule has 17 heteroatoms. The molecule has 0 bridgehead atoms. The monoisotopic (exact) mass is 735 g/mol. The van der Waals surface area contributed by atoms with Gasteiger partial charge in [0, 0.05) is 21.9 Å². The SMILES string of the molecule is CC(O)C(N)C(=O)O[C@H](COC(=O)[C@@H](N)[C@@H](C)O)COc1ccc(-c2c(C#N)c(N)nc(SCc3coc(-c4ccc(Cl)cc4)n3)c2C#N)cc1. The minimum atomic E-state index is -1.37. The number of halogens is 1. The molecule has 0 aliphatic rings. The summed E-state index contributed by atoms with van der Waals surface area (Å²) in [5, 5.41) is 40.2. The van der Waals surface area contributed by atoms with Crippen LogP contribution in [0.2, 0.25) is 5.02 Å². The average molecular weight is 736 g/mol. The van der Waals surface area contributed by atoms with Gasteiger partial charge < -0.3 is 46.0 Å². The minimum absolute atomic E-state index is 0.00896. The molecule has 0 aliphatic heterocycles. The zero-order valence-corrected chi connectivity index (χ0v) is 28.9. The molecule has 0 fully saturated rings. The van der Waals surface area contributed by atoms with Crippen LogP contribution in [0.15, 0.2) is 64.2 Å². The number of aromatic nitrogens is 2. The number of ether oxygens (including phenoxy) is 3. The Hall–Kier alpha value is -5.20. The van der Waals surface area contributed by atoms with E-state index in [1.165, 1.54) is 31.9 Å². The molecule has 2 heterocycles. The first-order valence-corrected chi connectivity index (χ1v) is 16.6. The summed E-state index contributed by atoms with van der Waals surface area (Å²) in [6.45, 7) is 1.82. The standard InChI is InChI=1S/C34H34ClN7O8S/c1-17(43)28(38)33(45)49-15-24(50-34(46)29(39)18(2)44)14-47-23-9-5-19(6-10-23)27-25(11-36)30(40)42-32(26(27)12-37)51-16-22-13-48-31(41-22)20-3-7-21(35)8-4-20/h3-10,13,17-18,24,28-29,43-44H,14-16,38-39H2,1-2H3,(H2,40,42)/t17-,18?,24+,28+,29?/m1/s1. The molecule has 8 N–H and O–H groups in total. The van der Waals surface area contributed by atoms with Gasteiger partial charge in [-0.2, -0.15) is 10.5 Å². The number of anilines is 1. The number of rotatable bonds is 15. The van der Waals surface area contributed by atoms with Crippen LogP contribution >= 0.6 is 23.4 Å². The van der Waals surface area contributed by atoms with Gasteiger partial charge in [-0.05, 0) is 55.8 Å². The van der Waals surface area contributed by atoms with Crippen LogP contribution in [-0.4, -0.2) is 75.7 Å². The second kappa shape index (κ2) is 17.6. The summed E-state index contributed by atoms with van der Waals surface area (Å²) >= 11 is 7.16. The lowest BCUT2D eigenvalue weighted by atomic mass is 9.97. The molecule has 0 saturated heterocycles. The predicted octanol–water partition coefficient (Wildman–Crippen LogP) is 2.92. The molecule has 4 aromatic rings. The molecule has 0 amide bonds. The molecule has 0 radical (unpaired) electrons. The first-order chi connectivity index (χ1) is 24.3. The Morgan fingerprint density at radius 3 is 2.14 bits per heavy atom. The van der Waals surface area contributed by atoms with E-state index in [2.05, 4.69) is 16.0 Å². The van der Waals surface area contributed by atoms with Crippen molar-refractivity contribution in [1.29, 1.82) is 10.5 Å². The maximum absolute atomic E-state index is 12.4. The van der Waals surface area contributed by atoms with Crippen LogP contribution in [0.3, 0.4) is 0 Å². The van der Waals surface area contributed by atoms with Gasteiger partial charge in [0.15, 0.2) is 6.10 Å². The molecule has 0 saturated carbocycles. The fraction of sp³-hybridized carbons (Fsp3) is 0.294. The number of carbonyl (C=O) groups excluding carboxylic acids is 2. The second-order valence-corrected chi connectivity index (χ2v) is 12.5. The molecule has 0 aliphatic carbocycles. The highest BCUT2D eigenvalue weighted by molar-refractivity contribution is 7.98. The number of nitrogen functional groups attached to an aromatic ring is 1. The number of benzene rings is 2. The third kappa shape index (κ3) is 9.95. The van der Waals surface area contributed by atoms with Gasteiger partial charge in [-0.3, -0.25) is 9.59 Å². The van der Waals surface area contributed by atoms with Crippen LogP contribution in [0, 0.1) is 22.7 Å². The Balaban J connectivity index is 1.51. The highest BCUT2D eigenvalue weighted by Crippen LogP contribution is 2.37. The number of nitrogens with two attached hydrogens (primary N) is 3. The van der Waals surface area contributed by atoms with Crippen molar-refractivity contribution in [3.63, 3.8) is 0 Å². The number of aliphatic hydroxyl groups is 2. The second-order valence-electron chi connectivity index (χ2n) is 11.1. The Morgan fingerprint density at radius 1 is 0.922 bits per heavy atom. The first kappa shape index (κ1) is 38.6. The molecule has 2 aromatic carbocycles. The Morgan fingerprint density at radius 2 is 1.53 bits per heavy atom. The molecule has 5 atom stereocenters. The number of pyridine rings is 1. The summed E-state index contributed by atoms with van der Waals surface area (Å²) in [7, 11) is 0. The Kier molecular flexibility index (Phi) is 13.4. The average Bonchev–Trinajstić information content (AvgIpc) is 3.60. The molecule has 4 rings (SSSR count). The van der Waals surface area contributed by atoms with Crippen molar-refractivity contribution in [2.24, 2.45) is 11.5 Å². The van der Waals surface area contributed by atoms with E-state index < -0.39 is 48.9 Å². The molecule has 2 unspecified atom stereocenters. The van der Waals surface area contributed by atoms with Crippen molar-refractivity contribution >= 4 is 41.1 Å². The number of nitrogens with zero attached hydrogens (tertiary/aromatic N) is 4. The molecule has 266 valence electrons. The quantitative estimate of drug-likeness (QED) is 0.0867. The lowest BCUT2D eigenvalue weighted by molar-refractivity contribution is -0.165. The van der Waals surface area contributed by atoms with Gasteiger partial charge in [0.25, 0.3) is 0 Å². The number of thioether (sulfide) groups is 1. The number of aliphatic hydroxyl groups excluding tert-OH is 2. The third-order valence-corrected chi connectivity index (χ3v) is 8.53. The smallest absolute Gasteiger partial charge is 0.326 e. The highest BCUT2D eigenvalue weighted by Gasteiger charge is 2.28. The predicted molar refractivity (Wildman–Crippen MR) is 186 cm³/mol. The van der Waals surface area contributed by atoms with Gasteiger partial charge in [-0.15, -0.1) is 0 Å². The summed E-state index contributed by atoms with van der Waals surface area (Å²) in [4.78, 5) is 33.4. The molecule has 0 spiro atoms. The molecule has 51 heavy (non-hydrogen) atoms. The largest absolute Gasteiger partial charge is 0.490 e. The fourth-order valence-electron chi connectivity index (χ4n) is 4.36. The van der Waals surface area contributed by atoms with E-state index in [9.17, 15) is 30.3 Å². The van der Waals surface area contributed by atoms with Gasteiger partial charge >= 0.3 is 11.9 Å². The van der Waals surface area contributed by atoms with Crippen LogP contribution in [-0.2, 0) is 24.8 Å². The fourth-order valence-corrected chi connectivity index (χ4v) is 5.36. The Bertz CT molecular complexity index is 1920. The highest BCUT2D eigenvalue weighted by atomic mass is 35.5. The van der Waals surface area contributed by atoms with E-state index in [1.54, 1.807) is 48.5 Å². The first-order valence-electron chi connectivity index (χ1n) is 15.3. The zero-order chi connectivity index (χ0) is 37.2. The summed E-state index contributed by atoms with van der Waals surface area (Å²) in [5.41, 5.74) is 19.7. The lowest BCUT2D eigenvalue weighted by Crippen LogP contribution is -2.46. The van der Waals surface area contributed by atoms with E-state index >= 15 is 0 Å². The summed E-state index contributed by atoms with van der Waals surface area (Å²) < 4.78 is 21.8. The number of esters is 2. The van der Waals surface area contributed by atoms with Crippen molar-refractivity contribution in [3.8, 4) is 40.5 Å². The van der Waals surface area contributed by atoms with Gasteiger partial charge in [0.05, 0.1) is 23.5 Å². The Labute approximate surface area is 301 Å². The minimum Gasteiger partial charge on any atom is -0.490 e. The van der Waals surface area contributed by atoms with Crippen LogP contribution in [0.25, 0.3) is 22.6 Å². The number of nitriles is 2. The van der Waals surface area contributed by atoms with Gasteiger partial charge in [0.1, 0.15) is 65.9 Å². The molecule has 2 aromatic heterocycles. The number of hydrogen-bond acceptors (Lipinski definition) is 16. The van der Waals surface area contributed by atoms with E-state index in [-0.39, 0.29) is 45.6 Å². The van der Waals surface area contributed by atoms with Gasteiger partial charge in [-0.25, -0.2) is 9.97 Å². The molecular weight excluding hydrogens is 702 g/mol. The van der Waals surface area contributed by atoms with Crippen molar-refractivity contribution in [1.82, 2.24) is 9.97 Å². The van der Waals surface area contributed by atoms with Crippen molar-refractivity contribution in [3.05, 3.63) is 76.6 Å². The maximum Gasteiger partial charge on any atom is 0.326 e. The van der Waals surface area contributed by atoms with Crippen molar-refractivity contribution in [2.75, 3.05) is 18.9 Å². The van der Waals surface area contributed by atoms with Crippen LogP contribution in [0.4, 0.5) is 5.82 Å². The van der Waals surface area contributed by atoms with Gasteiger partial charge in [0.2, 0.25) is 5.89 Å². The van der Waals surface area contributed by atoms with Crippen molar-refractivity contribution < 1.29 is 38.4 Å². The van der Waals surface area contributed by atoms with E-state index in [4.69, 9.17) is 47.4 Å². The van der Waals surface area contributed by atoms with Crippen LogP contribution in [0.1, 0.15) is 30.7 Å². The number of carbonyl (C=O) groups is 2. The van der Waals surface area contributed by atoms with Crippen molar-refractivity contribution in [2.45, 2.75) is 55.0 Å². The summed E-state index contributed by atoms with van der Waals surface area (Å²) in [5.74, 6) is -1.01. The molecular formula is C34H34ClN7O8S. The number of hydrogen-bond donors (Lipinski definition) is 5. The topological polar surface area (TPSA) is 267 Å². The summed E-state index contributed by atoms with van der Waals surface area (Å²) in [6, 6.07) is 14.8. The zero-order valence-electron chi connectivity index (χ0n) is 27.4. The third-order valence-electron chi connectivity index (χ3n) is 7.27. The van der Waals surface area contributed by atoms with Gasteiger partial charge in [-0.1, -0.05) is 35.5 Å². The number of oxazole rings is 1. The maximum atomic E-state index is 12.4. The van der Waals surface area contributed by atoms with Crippen LogP contribution < -0.4 is 21.9 Å².